The summed E-state index contributed by atoms with van der Waals surface area (Å²) >= 11 is 1.65. The Hall–Kier alpha value is -1.41. The minimum atomic E-state index is 0.0195. The van der Waals surface area contributed by atoms with Crippen molar-refractivity contribution in [2.24, 2.45) is 5.92 Å². The van der Waals surface area contributed by atoms with Gasteiger partial charge in [-0.05, 0) is 33.9 Å². The molecule has 0 saturated heterocycles. The van der Waals surface area contributed by atoms with Crippen molar-refractivity contribution in [3.05, 3.63) is 58.3 Å². The van der Waals surface area contributed by atoms with Gasteiger partial charge in [-0.2, -0.15) is 11.3 Å². The maximum atomic E-state index is 12.6. The molecule has 2 rings (SSSR count). The second-order valence-electron chi connectivity index (χ2n) is 5.05. The van der Waals surface area contributed by atoms with Gasteiger partial charge in [0.1, 0.15) is 5.78 Å². The highest BCUT2D eigenvalue weighted by Gasteiger charge is 2.25. The van der Waals surface area contributed by atoms with E-state index in [1.54, 1.807) is 11.3 Å². The Balaban J connectivity index is 2.20. The van der Waals surface area contributed by atoms with Crippen LogP contribution < -0.4 is 0 Å². The summed E-state index contributed by atoms with van der Waals surface area (Å²) < 4.78 is 0. The predicted octanol–water partition coefficient (Wildman–Crippen LogP) is 4.69. The van der Waals surface area contributed by atoms with E-state index in [4.69, 9.17) is 0 Å². The van der Waals surface area contributed by atoms with Crippen molar-refractivity contribution in [2.75, 3.05) is 0 Å². The van der Waals surface area contributed by atoms with Crippen molar-refractivity contribution in [3.63, 3.8) is 0 Å². The minimum absolute atomic E-state index is 0.0195. The molecule has 0 radical (unpaired) electrons. The molecular formula is C17H20OS. The van der Waals surface area contributed by atoms with Crippen LogP contribution >= 0.6 is 11.3 Å². The molecule has 0 bridgehead atoms. The van der Waals surface area contributed by atoms with Crippen LogP contribution in [-0.4, -0.2) is 5.78 Å². The summed E-state index contributed by atoms with van der Waals surface area (Å²) in [5, 5.41) is 4.10. The minimum Gasteiger partial charge on any atom is -0.299 e. The van der Waals surface area contributed by atoms with E-state index in [0.29, 0.717) is 18.1 Å². The first-order valence-electron chi connectivity index (χ1n) is 6.81. The molecule has 19 heavy (non-hydrogen) atoms. The van der Waals surface area contributed by atoms with Crippen molar-refractivity contribution in [1.82, 2.24) is 0 Å². The first kappa shape index (κ1) is 14.0. The highest BCUT2D eigenvalue weighted by molar-refractivity contribution is 7.08. The van der Waals surface area contributed by atoms with Crippen LogP contribution in [0.4, 0.5) is 0 Å². The average molecular weight is 272 g/mol. The Morgan fingerprint density at radius 1 is 1.21 bits per heavy atom. The van der Waals surface area contributed by atoms with Crippen LogP contribution in [0, 0.1) is 5.92 Å². The number of hydrogen-bond donors (Lipinski definition) is 0. The molecule has 100 valence electrons. The van der Waals surface area contributed by atoms with Gasteiger partial charge in [-0.1, -0.05) is 50.6 Å². The standard InChI is InChI=1S/C17H20OS/c1-3-13(2)17(15-7-5-4-6-8-15)16(18)11-14-9-10-19-12-14/h4-10,12-13,17H,3,11H2,1-2H3. The molecule has 1 heterocycles. The summed E-state index contributed by atoms with van der Waals surface area (Å²) in [6, 6.07) is 12.2. The number of Topliss-reactive ketones (excluding diaryl/α,β-unsaturated/α-hetero) is 1. The van der Waals surface area contributed by atoms with Gasteiger partial charge in [-0.15, -0.1) is 0 Å². The van der Waals surface area contributed by atoms with E-state index in [-0.39, 0.29) is 5.92 Å². The van der Waals surface area contributed by atoms with Crippen molar-refractivity contribution in [1.29, 1.82) is 0 Å². The van der Waals surface area contributed by atoms with E-state index in [1.165, 1.54) is 0 Å². The summed E-state index contributed by atoms with van der Waals surface area (Å²) in [6.45, 7) is 4.32. The molecule has 0 aliphatic rings. The molecule has 2 atom stereocenters. The zero-order chi connectivity index (χ0) is 13.7. The molecule has 1 aromatic heterocycles. The fraction of sp³-hybridized carbons (Fsp3) is 0.353. The molecule has 0 N–H and O–H groups in total. The summed E-state index contributed by atoms with van der Waals surface area (Å²) in [6.07, 6.45) is 1.57. The van der Waals surface area contributed by atoms with E-state index in [1.807, 2.05) is 29.6 Å². The summed E-state index contributed by atoms with van der Waals surface area (Å²) in [7, 11) is 0. The van der Waals surface area contributed by atoms with Gasteiger partial charge >= 0.3 is 0 Å². The molecule has 0 amide bonds. The number of hydrogen-bond acceptors (Lipinski definition) is 2. The first-order valence-corrected chi connectivity index (χ1v) is 7.75. The Kier molecular flexibility index (Phi) is 4.92. The second-order valence-corrected chi connectivity index (χ2v) is 5.83. The summed E-state index contributed by atoms with van der Waals surface area (Å²) in [5.74, 6) is 0.735. The van der Waals surface area contributed by atoms with Gasteiger partial charge < -0.3 is 0 Å². The fourth-order valence-electron chi connectivity index (χ4n) is 2.43. The van der Waals surface area contributed by atoms with Gasteiger partial charge in [0, 0.05) is 12.3 Å². The highest BCUT2D eigenvalue weighted by atomic mass is 32.1. The third-order valence-electron chi connectivity index (χ3n) is 3.68. The van der Waals surface area contributed by atoms with Crippen molar-refractivity contribution < 1.29 is 4.79 Å². The lowest BCUT2D eigenvalue weighted by molar-refractivity contribution is -0.120. The van der Waals surface area contributed by atoms with Crippen LogP contribution in [0.15, 0.2) is 47.2 Å². The molecule has 0 fully saturated rings. The van der Waals surface area contributed by atoms with E-state index in [0.717, 1.165) is 17.5 Å². The lowest BCUT2D eigenvalue weighted by Gasteiger charge is -2.22. The van der Waals surface area contributed by atoms with E-state index in [2.05, 4.69) is 31.4 Å². The number of carbonyl (C=O) groups excluding carboxylic acids is 1. The Bertz CT molecular complexity index is 501. The number of benzene rings is 1. The van der Waals surface area contributed by atoms with Crippen molar-refractivity contribution in [3.8, 4) is 0 Å². The Morgan fingerprint density at radius 3 is 2.53 bits per heavy atom. The van der Waals surface area contributed by atoms with Crippen molar-refractivity contribution >= 4 is 17.1 Å². The molecule has 0 saturated carbocycles. The number of rotatable bonds is 6. The van der Waals surface area contributed by atoms with Crippen LogP contribution in [0.1, 0.15) is 37.3 Å². The summed E-state index contributed by atoms with van der Waals surface area (Å²) in [5.41, 5.74) is 2.29. The second kappa shape index (κ2) is 6.67. The van der Waals surface area contributed by atoms with Crippen LogP contribution in [0.25, 0.3) is 0 Å². The van der Waals surface area contributed by atoms with E-state index < -0.39 is 0 Å². The molecule has 2 unspecified atom stereocenters. The lowest BCUT2D eigenvalue weighted by Crippen LogP contribution is -2.21. The van der Waals surface area contributed by atoms with Gasteiger partial charge in [-0.25, -0.2) is 0 Å². The maximum Gasteiger partial charge on any atom is 0.144 e. The summed E-state index contributed by atoms with van der Waals surface area (Å²) in [4.78, 5) is 12.6. The third-order valence-corrected chi connectivity index (χ3v) is 4.41. The van der Waals surface area contributed by atoms with Crippen molar-refractivity contribution in [2.45, 2.75) is 32.6 Å². The first-order chi connectivity index (χ1) is 9.22. The van der Waals surface area contributed by atoms with Crippen LogP contribution in [-0.2, 0) is 11.2 Å². The van der Waals surface area contributed by atoms with Crippen LogP contribution in [0.2, 0.25) is 0 Å². The number of thiophene rings is 1. The Morgan fingerprint density at radius 2 is 1.95 bits per heavy atom. The topological polar surface area (TPSA) is 17.1 Å². The van der Waals surface area contributed by atoms with Gasteiger partial charge in [0.2, 0.25) is 0 Å². The molecule has 1 nitrogen and oxygen atoms in total. The van der Waals surface area contributed by atoms with Gasteiger partial charge in [0.25, 0.3) is 0 Å². The molecule has 2 heteroatoms. The fourth-order valence-corrected chi connectivity index (χ4v) is 3.10. The lowest BCUT2D eigenvalue weighted by atomic mass is 9.81. The molecule has 0 aliphatic carbocycles. The van der Waals surface area contributed by atoms with Crippen LogP contribution in [0.3, 0.4) is 0 Å². The third kappa shape index (κ3) is 3.54. The van der Waals surface area contributed by atoms with E-state index >= 15 is 0 Å². The highest BCUT2D eigenvalue weighted by Crippen LogP contribution is 2.29. The zero-order valence-corrected chi connectivity index (χ0v) is 12.3. The molecule has 2 aromatic rings. The van der Waals surface area contributed by atoms with Gasteiger partial charge in [0.05, 0.1) is 0 Å². The van der Waals surface area contributed by atoms with Gasteiger partial charge in [0.15, 0.2) is 0 Å². The predicted molar refractivity (Wildman–Crippen MR) is 81.7 cm³/mol. The smallest absolute Gasteiger partial charge is 0.144 e. The molecule has 1 aromatic carbocycles. The monoisotopic (exact) mass is 272 g/mol. The Labute approximate surface area is 119 Å². The SMILES string of the molecule is CCC(C)C(C(=O)Cc1ccsc1)c1ccccc1. The molecular weight excluding hydrogens is 252 g/mol. The maximum absolute atomic E-state index is 12.6. The quantitative estimate of drug-likeness (QED) is 0.745. The van der Waals surface area contributed by atoms with Crippen LogP contribution in [0.5, 0.6) is 0 Å². The zero-order valence-electron chi connectivity index (χ0n) is 11.5. The van der Waals surface area contributed by atoms with E-state index in [9.17, 15) is 4.79 Å². The normalized spacial score (nSPS) is 14.0. The van der Waals surface area contributed by atoms with Gasteiger partial charge in [-0.3, -0.25) is 4.79 Å². The number of ketones is 1. The molecule has 0 aliphatic heterocycles. The number of carbonyl (C=O) groups is 1. The average Bonchev–Trinajstić information content (AvgIpc) is 2.93. The molecule has 0 spiro atoms. The largest absolute Gasteiger partial charge is 0.299 e.